The van der Waals surface area contributed by atoms with Gasteiger partial charge < -0.3 is 10.1 Å². The van der Waals surface area contributed by atoms with Crippen molar-refractivity contribution >= 4 is 35.0 Å². The highest BCUT2D eigenvalue weighted by atomic mass is 32.2. The number of hydrogen-bond donors (Lipinski definition) is 1. The molecule has 2 aromatic carbocycles. The SMILES string of the molecule is COC(=O)CSCc1ccc(NC(=O)c2ccc(C)c([N+](=O)[O-])c2)cc1. The van der Waals surface area contributed by atoms with E-state index in [1.54, 1.807) is 31.2 Å². The number of nitrogens with zero attached hydrogens (tertiary/aromatic N) is 1. The van der Waals surface area contributed by atoms with Crippen LogP contribution >= 0.6 is 11.8 Å². The average Bonchev–Trinajstić information content (AvgIpc) is 2.63. The molecule has 26 heavy (non-hydrogen) atoms. The number of rotatable bonds is 7. The summed E-state index contributed by atoms with van der Waals surface area (Å²) in [5.41, 5.74) is 2.22. The van der Waals surface area contributed by atoms with Crippen molar-refractivity contribution in [1.82, 2.24) is 0 Å². The molecule has 7 nitrogen and oxygen atoms in total. The zero-order chi connectivity index (χ0) is 19.1. The normalized spacial score (nSPS) is 10.2. The van der Waals surface area contributed by atoms with Gasteiger partial charge in [-0.15, -0.1) is 11.8 Å². The standard InChI is InChI=1S/C18H18N2O5S/c1-12-3-6-14(9-16(12)20(23)24)18(22)19-15-7-4-13(5-8-15)10-26-11-17(21)25-2/h3-9H,10-11H2,1-2H3,(H,19,22). The minimum atomic E-state index is -0.507. The zero-order valence-corrected chi connectivity index (χ0v) is 15.2. The Morgan fingerprint density at radius 2 is 1.88 bits per heavy atom. The number of amides is 1. The summed E-state index contributed by atoms with van der Waals surface area (Å²) in [6.07, 6.45) is 0. The quantitative estimate of drug-likeness (QED) is 0.452. The number of ether oxygens (including phenoxy) is 1. The molecular weight excluding hydrogens is 356 g/mol. The lowest BCUT2D eigenvalue weighted by Crippen LogP contribution is -2.12. The van der Waals surface area contributed by atoms with Gasteiger partial charge in [0.1, 0.15) is 0 Å². The number of carbonyl (C=O) groups is 2. The molecule has 0 aliphatic heterocycles. The first kappa shape index (κ1) is 19.5. The second-order valence-electron chi connectivity index (χ2n) is 5.48. The smallest absolute Gasteiger partial charge is 0.315 e. The summed E-state index contributed by atoms with van der Waals surface area (Å²) in [5, 5.41) is 13.7. The maximum absolute atomic E-state index is 12.3. The Labute approximate surface area is 154 Å². The van der Waals surface area contributed by atoms with Crippen LogP contribution in [0.4, 0.5) is 11.4 Å². The molecule has 2 aromatic rings. The number of esters is 1. The van der Waals surface area contributed by atoms with Crippen molar-refractivity contribution in [2.45, 2.75) is 12.7 Å². The largest absolute Gasteiger partial charge is 0.468 e. The number of nitro benzene ring substituents is 1. The molecule has 1 N–H and O–H groups in total. The van der Waals surface area contributed by atoms with Crippen molar-refractivity contribution < 1.29 is 19.2 Å². The molecular formula is C18H18N2O5S. The Morgan fingerprint density at radius 1 is 1.19 bits per heavy atom. The first-order valence-electron chi connectivity index (χ1n) is 7.70. The number of benzene rings is 2. The Balaban J connectivity index is 1.98. The van der Waals surface area contributed by atoms with Gasteiger partial charge in [0.05, 0.1) is 17.8 Å². The zero-order valence-electron chi connectivity index (χ0n) is 14.4. The summed E-state index contributed by atoms with van der Waals surface area (Å²) in [6.45, 7) is 1.62. The number of aryl methyl sites for hydroxylation is 1. The van der Waals surface area contributed by atoms with Crippen LogP contribution in [-0.2, 0) is 15.3 Å². The maximum Gasteiger partial charge on any atom is 0.315 e. The van der Waals surface area contributed by atoms with Crippen molar-refractivity contribution in [1.29, 1.82) is 0 Å². The van der Waals surface area contributed by atoms with E-state index >= 15 is 0 Å². The van der Waals surface area contributed by atoms with Crippen LogP contribution in [0, 0.1) is 17.0 Å². The Bertz CT molecular complexity index is 821. The van der Waals surface area contributed by atoms with Gasteiger partial charge in [0.15, 0.2) is 0 Å². The lowest BCUT2D eigenvalue weighted by molar-refractivity contribution is -0.385. The summed E-state index contributed by atoms with van der Waals surface area (Å²) in [4.78, 5) is 33.8. The van der Waals surface area contributed by atoms with Crippen molar-refractivity contribution in [3.05, 3.63) is 69.3 Å². The van der Waals surface area contributed by atoms with Crippen LogP contribution in [0.2, 0.25) is 0 Å². The van der Waals surface area contributed by atoms with Crippen LogP contribution in [0.1, 0.15) is 21.5 Å². The van der Waals surface area contributed by atoms with E-state index in [0.29, 0.717) is 17.0 Å². The summed E-state index contributed by atoms with van der Waals surface area (Å²) in [7, 11) is 1.35. The molecule has 2 rings (SSSR count). The Hall–Kier alpha value is -2.87. The fraction of sp³-hybridized carbons (Fsp3) is 0.222. The van der Waals surface area contributed by atoms with Crippen molar-refractivity contribution in [3.8, 4) is 0 Å². The summed E-state index contributed by atoms with van der Waals surface area (Å²) < 4.78 is 4.57. The van der Waals surface area contributed by atoms with Gasteiger partial charge in [-0.2, -0.15) is 0 Å². The summed E-state index contributed by atoms with van der Waals surface area (Å²) in [6, 6.07) is 11.5. The molecule has 0 aromatic heterocycles. The van der Waals surface area contributed by atoms with Gasteiger partial charge >= 0.3 is 5.97 Å². The highest BCUT2D eigenvalue weighted by Crippen LogP contribution is 2.21. The molecule has 0 saturated carbocycles. The Morgan fingerprint density at radius 3 is 2.50 bits per heavy atom. The highest BCUT2D eigenvalue weighted by molar-refractivity contribution is 7.99. The number of hydrogen-bond acceptors (Lipinski definition) is 6. The number of anilines is 1. The van der Waals surface area contributed by atoms with E-state index in [1.807, 2.05) is 12.1 Å². The minimum Gasteiger partial charge on any atom is -0.468 e. The average molecular weight is 374 g/mol. The number of thioether (sulfide) groups is 1. The summed E-state index contributed by atoms with van der Waals surface area (Å²) >= 11 is 1.44. The molecule has 8 heteroatoms. The molecule has 1 amide bonds. The third-order valence-electron chi connectivity index (χ3n) is 3.60. The van der Waals surface area contributed by atoms with Crippen LogP contribution in [0.3, 0.4) is 0 Å². The topological polar surface area (TPSA) is 98.5 Å². The van der Waals surface area contributed by atoms with Gasteiger partial charge in [-0.1, -0.05) is 18.2 Å². The minimum absolute atomic E-state index is 0.0874. The molecule has 136 valence electrons. The maximum atomic E-state index is 12.3. The van der Waals surface area contributed by atoms with Crippen LogP contribution in [-0.4, -0.2) is 29.7 Å². The van der Waals surface area contributed by atoms with Crippen molar-refractivity contribution in [3.63, 3.8) is 0 Å². The highest BCUT2D eigenvalue weighted by Gasteiger charge is 2.15. The molecule has 0 spiro atoms. The van der Waals surface area contributed by atoms with E-state index in [9.17, 15) is 19.7 Å². The molecule has 0 atom stereocenters. The van der Waals surface area contributed by atoms with Crippen molar-refractivity contribution in [2.75, 3.05) is 18.2 Å². The molecule has 0 fully saturated rings. The number of nitro groups is 1. The molecule has 0 unspecified atom stereocenters. The van der Waals surface area contributed by atoms with Gasteiger partial charge in [0.25, 0.3) is 11.6 Å². The Kier molecular flexibility index (Phi) is 6.74. The molecule has 0 bridgehead atoms. The van der Waals surface area contributed by atoms with Gasteiger partial charge in [0.2, 0.25) is 0 Å². The van der Waals surface area contributed by atoms with Crippen LogP contribution in [0.25, 0.3) is 0 Å². The molecule has 0 aliphatic carbocycles. The predicted molar refractivity (Wildman–Crippen MR) is 100 cm³/mol. The van der Waals surface area contributed by atoms with Gasteiger partial charge in [-0.05, 0) is 30.7 Å². The van der Waals surface area contributed by atoms with E-state index in [0.717, 1.165) is 5.56 Å². The molecule has 0 heterocycles. The van der Waals surface area contributed by atoms with Crippen LogP contribution < -0.4 is 5.32 Å². The van der Waals surface area contributed by atoms with E-state index in [2.05, 4.69) is 10.1 Å². The van der Waals surface area contributed by atoms with Gasteiger partial charge in [-0.25, -0.2) is 0 Å². The van der Waals surface area contributed by atoms with Gasteiger partial charge in [0, 0.05) is 28.6 Å². The fourth-order valence-corrected chi connectivity index (χ4v) is 2.96. The molecule has 0 radical (unpaired) electrons. The van der Waals surface area contributed by atoms with E-state index in [4.69, 9.17) is 0 Å². The predicted octanol–water partition coefficient (Wildman–Crippen LogP) is 3.56. The first-order valence-corrected chi connectivity index (χ1v) is 8.86. The van der Waals surface area contributed by atoms with E-state index in [1.165, 1.54) is 24.9 Å². The number of nitrogens with one attached hydrogen (secondary N) is 1. The van der Waals surface area contributed by atoms with Crippen LogP contribution in [0.15, 0.2) is 42.5 Å². The van der Waals surface area contributed by atoms with Crippen LogP contribution in [0.5, 0.6) is 0 Å². The monoisotopic (exact) mass is 374 g/mol. The molecule has 0 aliphatic rings. The van der Waals surface area contributed by atoms with E-state index in [-0.39, 0.29) is 23.0 Å². The van der Waals surface area contributed by atoms with E-state index < -0.39 is 10.8 Å². The lowest BCUT2D eigenvalue weighted by Gasteiger charge is -2.07. The second-order valence-corrected chi connectivity index (χ2v) is 6.46. The molecule has 0 saturated heterocycles. The number of carbonyl (C=O) groups excluding carboxylic acids is 2. The third-order valence-corrected chi connectivity index (χ3v) is 4.57. The summed E-state index contributed by atoms with van der Waals surface area (Å²) in [5.74, 6) is 0.237. The van der Waals surface area contributed by atoms with Gasteiger partial charge in [-0.3, -0.25) is 19.7 Å². The second kappa shape index (κ2) is 9.00. The fourth-order valence-electron chi connectivity index (χ4n) is 2.15. The number of methoxy groups -OCH3 is 1. The third kappa shape index (κ3) is 5.32. The first-order chi connectivity index (χ1) is 12.4. The lowest BCUT2D eigenvalue weighted by atomic mass is 10.1. The van der Waals surface area contributed by atoms with Crippen molar-refractivity contribution in [2.24, 2.45) is 0 Å².